The maximum atomic E-state index is 9.46. The van der Waals surface area contributed by atoms with Gasteiger partial charge in [0.15, 0.2) is 6.23 Å². The molecule has 0 heterocycles. The van der Waals surface area contributed by atoms with Gasteiger partial charge in [0, 0.05) is 4.91 Å². The number of rotatable bonds is 2. The lowest BCUT2D eigenvalue weighted by molar-refractivity contribution is -0.314. The van der Waals surface area contributed by atoms with Crippen LogP contribution in [0.25, 0.3) is 10.4 Å². The Bertz CT molecular complexity index is 135. The van der Waals surface area contributed by atoms with Gasteiger partial charge in [0.1, 0.15) is 0 Å². The molecule has 0 aromatic heterocycles. The molecule has 0 saturated carbocycles. The summed E-state index contributed by atoms with van der Waals surface area (Å²) in [6.07, 6.45) is -2.07. The summed E-state index contributed by atoms with van der Waals surface area (Å²) in [5.41, 5.74) is 7.49. The van der Waals surface area contributed by atoms with Crippen LogP contribution in [0.2, 0.25) is 0 Å². The summed E-state index contributed by atoms with van der Waals surface area (Å²) >= 11 is 0. The Morgan fingerprint density at radius 3 is 2.62 bits per heavy atom. The third kappa shape index (κ3) is 2.01. The van der Waals surface area contributed by atoms with E-state index >= 15 is 0 Å². The molecule has 0 radical (unpaired) electrons. The molecule has 0 aliphatic carbocycles. The van der Waals surface area contributed by atoms with E-state index in [2.05, 4.69) is 5.11 Å². The molecular weight excluding hydrogens is 114 g/mol. The van der Waals surface area contributed by atoms with Gasteiger partial charge in [-0.05, 0) is 5.53 Å². The van der Waals surface area contributed by atoms with Gasteiger partial charge in [0.2, 0.25) is 0 Å². The fourth-order valence-corrected chi connectivity index (χ4v) is 0.0961. The minimum absolute atomic E-state index is 1.80. The van der Waals surface area contributed by atoms with Crippen LogP contribution < -0.4 is 5.11 Å². The normalized spacial score (nSPS) is 11.6. The molecule has 8 heavy (non-hydrogen) atoms. The van der Waals surface area contributed by atoms with E-state index in [0.717, 1.165) is 0 Å². The first-order valence-electron chi connectivity index (χ1n) is 1.61. The Labute approximate surface area is 44.0 Å². The van der Waals surface area contributed by atoms with Gasteiger partial charge in [-0.3, -0.25) is 0 Å². The number of nitrogens with zero attached hydrogens (tertiary/aromatic N) is 3. The largest absolute Gasteiger partial charge is 0.547 e. The lowest BCUT2D eigenvalue weighted by atomic mass is 10.6. The van der Waals surface area contributed by atoms with Crippen molar-refractivity contribution in [2.75, 3.05) is 0 Å². The van der Waals surface area contributed by atoms with E-state index in [4.69, 9.17) is 10.6 Å². The van der Waals surface area contributed by atoms with Crippen LogP contribution in [0.5, 0.6) is 0 Å². The second-order valence-electron chi connectivity index (χ2n) is 0.898. The van der Waals surface area contributed by atoms with Gasteiger partial charge in [-0.15, -0.1) is 0 Å². The van der Waals surface area contributed by atoms with Gasteiger partial charge in [-0.25, -0.2) is 0 Å². The number of aliphatic carboxylic acids is 1. The molecule has 0 spiro atoms. The molecule has 6 nitrogen and oxygen atoms in total. The molecule has 0 rings (SSSR count). The Morgan fingerprint density at radius 2 is 2.50 bits per heavy atom. The SMILES string of the molecule is [N-]=[N+]=NC(O)C(=O)[O-]. The zero-order chi connectivity index (χ0) is 6.57. The Hall–Kier alpha value is -1.26. The van der Waals surface area contributed by atoms with E-state index in [1.807, 2.05) is 4.91 Å². The van der Waals surface area contributed by atoms with Crippen molar-refractivity contribution < 1.29 is 15.0 Å². The number of carboxylic acids is 1. The number of azide groups is 1. The van der Waals surface area contributed by atoms with Gasteiger partial charge in [-0.2, -0.15) is 0 Å². The predicted octanol–water partition coefficient (Wildman–Crippen LogP) is -1.64. The van der Waals surface area contributed by atoms with Crippen LogP contribution in [0.1, 0.15) is 0 Å². The van der Waals surface area contributed by atoms with E-state index in [9.17, 15) is 9.90 Å². The highest BCUT2D eigenvalue weighted by molar-refractivity contribution is 5.69. The molecule has 0 aliphatic heterocycles. The summed E-state index contributed by atoms with van der Waals surface area (Å²) in [6, 6.07) is 0. The molecule has 1 N–H and O–H groups in total. The van der Waals surface area contributed by atoms with Crippen molar-refractivity contribution in [2.45, 2.75) is 6.23 Å². The van der Waals surface area contributed by atoms with Gasteiger partial charge in [0.05, 0.1) is 5.97 Å². The summed E-state index contributed by atoms with van der Waals surface area (Å²) < 4.78 is 0. The molecule has 1 unspecified atom stereocenters. The Balaban J connectivity index is 3.82. The zero-order valence-corrected chi connectivity index (χ0v) is 3.68. The van der Waals surface area contributed by atoms with E-state index in [0.29, 0.717) is 0 Å². The number of hydrogen-bond acceptors (Lipinski definition) is 4. The zero-order valence-electron chi connectivity index (χ0n) is 3.68. The smallest absolute Gasteiger partial charge is 0.172 e. The summed E-state index contributed by atoms with van der Waals surface area (Å²) in [4.78, 5) is 11.5. The quantitative estimate of drug-likeness (QED) is 0.265. The molecule has 0 aromatic rings. The topological polar surface area (TPSA) is 109 Å². The van der Waals surface area contributed by atoms with Gasteiger partial charge in [0.25, 0.3) is 0 Å². The van der Waals surface area contributed by atoms with E-state index in [-0.39, 0.29) is 0 Å². The predicted molar refractivity (Wildman–Crippen MR) is 20.2 cm³/mol. The fourth-order valence-electron chi connectivity index (χ4n) is 0.0961. The molecular formula is C2H2N3O3-. The van der Waals surface area contributed by atoms with Crippen molar-refractivity contribution in [3.05, 3.63) is 10.4 Å². The number of hydrogen-bond donors (Lipinski definition) is 1. The monoisotopic (exact) mass is 116 g/mol. The van der Waals surface area contributed by atoms with Gasteiger partial charge >= 0.3 is 0 Å². The van der Waals surface area contributed by atoms with Gasteiger partial charge in [-0.1, -0.05) is 5.11 Å². The number of aliphatic hydroxyl groups is 1. The first kappa shape index (κ1) is 6.74. The first-order chi connectivity index (χ1) is 3.68. The van der Waals surface area contributed by atoms with Crippen LogP contribution in [-0.4, -0.2) is 17.3 Å². The van der Waals surface area contributed by atoms with Crippen molar-refractivity contribution in [3.8, 4) is 0 Å². The molecule has 0 aliphatic rings. The molecule has 0 fully saturated rings. The third-order valence-corrected chi connectivity index (χ3v) is 0.372. The molecule has 0 bridgehead atoms. The van der Waals surface area contributed by atoms with E-state index in [1.165, 1.54) is 0 Å². The lowest BCUT2D eigenvalue weighted by Crippen LogP contribution is -2.33. The third-order valence-electron chi connectivity index (χ3n) is 0.372. The molecule has 0 saturated heterocycles. The van der Waals surface area contributed by atoms with Crippen LogP contribution in [-0.2, 0) is 4.79 Å². The minimum atomic E-state index is -2.07. The average Bonchev–Trinajstić information content (AvgIpc) is 1.67. The molecule has 1 atom stereocenters. The Morgan fingerprint density at radius 1 is 2.00 bits per heavy atom. The van der Waals surface area contributed by atoms with Crippen molar-refractivity contribution >= 4 is 5.97 Å². The number of carbonyl (C=O) groups is 1. The van der Waals surface area contributed by atoms with Crippen molar-refractivity contribution in [1.29, 1.82) is 0 Å². The second-order valence-corrected chi connectivity index (χ2v) is 0.898. The maximum Gasteiger partial charge on any atom is 0.172 e. The minimum Gasteiger partial charge on any atom is -0.547 e. The molecule has 6 heteroatoms. The van der Waals surface area contributed by atoms with Gasteiger partial charge < -0.3 is 15.0 Å². The molecule has 44 valence electrons. The highest BCUT2D eigenvalue weighted by atomic mass is 16.4. The lowest BCUT2D eigenvalue weighted by Gasteiger charge is -2.00. The van der Waals surface area contributed by atoms with Crippen LogP contribution in [0.4, 0.5) is 0 Å². The van der Waals surface area contributed by atoms with E-state index < -0.39 is 12.2 Å². The standard InChI is InChI=1S/C2H3N3O3/c3-5-4-1(6)2(7)8/h1,6H,(H,7,8)/p-1. The van der Waals surface area contributed by atoms with Crippen LogP contribution in [0.3, 0.4) is 0 Å². The number of carbonyl (C=O) groups excluding carboxylic acids is 1. The number of aliphatic hydroxyl groups excluding tert-OH is 1. The highest BCUT2D eigenvalue weighted by Gasteiger charge is 1.96. The van der Waals surface area contributed by atoms with Crippen molar-refractivity contribution in [2.24, 2.45) is 5.11 Å². The summed E-state index contributed by atoms with van der Waals surface area (Å²) in [7, 11) is 0. The molecule has 0 amide bonds. The van der Waals surface area contributed by atoms with Crippen LogP contribution in [0.15, 0.2) is 5.11 Å². The number of carboxylic acid groups (broad SMARTS) is 1. The average molecular weight is 116 g/mol. The Kier molecular flexibility index (Phi) is 2.39. The maximum absolute atomic E-state index is 9.46. The van der Waals surface area contributed by atoms with Crippen LogP contribution in [0, 0.1) is 0 Å². The summed E-state index contributed by atoms with van der Waals surface area (Å²) in [6.45, 7) is 0. The van der Waals surface area contributed by atoms with Crippen molar-refractivity contribution in [3.63, 3.8) is 0 Å². The second kappa shape index (κ2) is 2.84. The highest BCUT2D eigenvalue weighted by Crippen LogP contribution is 1.80. The fraction of sp³-hybridized carbons (Fsp3) is 0.500. The summed E-state index contributed by atoms with van der Waals surface area (Å²) in [5, 5.41) is 19.9. The van der Waals surface area contributed by atoms with Crippen LogP contribution >= 0.6 is 0 Å². The summed E-state index contributed by atoms with van der Waals surface area (Å²) in [5.74, 6) is -1.80. The van der Waals surface area contributed by atoms with E-state index in [1.54, 1.807) is 0 Å². The first-order valence-corrected chi connectivity index (χ1v) is 1.61. The molecule has 0 aromatic carbocycles. The van der Waals surface area contributed by atoms with Crippen molar-refractivity contribution in [1.82, 2.24) is 0 Å².